The average Bonchev–Trinajstić information content (AvgIpc) is 2.48. The highest BCUT2D eigenvalue weighted by Gasteiger charge is 2.28. The van der Waals surface area contributed by atoms with Crippen molar-refractivity contribution in [2.75, 3.05) is 5.01 Å². The largest absolute Gasteiger partial charge is 0.435 e. The van der Waals surface area contributed by atoms with Crippen LogP contribution in [0, 0.1) is 0 Å². The van der Waals surface area contributed by atoms with Crippen molar-refractivity contribution in [3.8, 4) is 0 Å². The second kappa shape index (κ2) is 5.17. The molecular formula is C16H14N2O2. The molecule has 2 aromatic rings. The summed E-state index contributed by atoms with van der Waals surface area (Å²) in [5.41, 5.74) is 2.03. The van der Waals surface area contributed by atoms with Crippen molar-refractivity contribution in [3.63, 3.8) is 0 Å². The van der Waals surface area contributed by atoms with Gasteiger partial charge in [-0.3, -0.25) is 4.79 Å². The third kappa shape index (κ3) is 2.28. The highest BCUT2D eigenvalue weighted by atomic mass is 16.6. The molecule has 0 bridgehead atoms. The number of para-hydroxylation sites is 1. The van der Waals surface area contributed by atoms with E-state index >= 15 is 0 Å². The smallest absolute Gasteiger partial charge is 0.304 e. The Kier molecular flexibility index (Phi) is 2.90. The molecule has 20 heavy (non-hydrogen) atoms. The Morgan fingerprint density at radius 3 is 2.65 bits per heavy atom. The van der Waals surface area contributed by atoms with Crippen LogP contribution in [0.4, 0.5) is 5.69 Å². The van der Waals surface area contributed by atoms with Gasteiger partial charge in [-0.05, 0) is 12.1 Å². The number of hydrogen-bond donors (Lipinski definition) is 0. The van der Waals surface area contributed by atoms with Crippen LogP contribution in [0.1, 0.15) is 25.6 Å². The van der Waals surface area contributed by atoms with Crippen LogP contribution in [0.25, 0.3) is 0 Å². The van der Waals surface area contributed by atoms with Gasteiger partial charge in [-0.15, -0.1) is 0 Å². The molecule has 1 unspecified atom stereocenters. The minimum Gasteiger partial charge on any atom is -0.435 e. The summed E-state index contributed by atoms with van der Waals surface area (Å²) in [6, 6.07) is 16.5. The van der Waals surface area contributed by atoms with Crippen molar-refractivity contribution in [1.82, 2.24) is 0 Å². The highest BCUT2D eigenvalue weighted by molar-refractivity contribution is 5.85. The summed E-state index contributed by atoms with van der Waals surface area (Å²) in [5.74, 6) is -0.530. The minimum absolute atomic E-state index is 0.530. The van der Waals surface area contributed by atoms with E-state index < -0.39 is 12.2 Å². The number of ether oxygens (including phenoxy) is 1. The van der Waals surface area contributed by atoms with E-state index in [1.807, 2.05) is 48.5 Å². The number of hydrogen-bond acceptors (Lipinski definition) is 4. The Morgan fingerprint density at radius 1 is 1.20 bits per heavy atom. The molecule has 0 saturated heterocycles. The van der Waals surface area contributed by atoms with Crippen LogP contribution >= 0.6 is 0 Å². The predicted molar refractivity (Wildman–Crippen MR) is 77.5 cm³/mol. The summed E-state index contributed by atoms with van der Waals surface area (Å²) >= 11 is 0. The molecule has 4 nitrogen and oxygen atoms in total. The molecule has 0 fully saturated rings. The van der Waals surface area contributed by atoms with Gasteiger partial charge in [0.05, 0.1) is 11.9 Å². The van der Waals surface area contributed by atoms with Gasteiger partial charge in [0.1, 0.15) is 1.37 Å². The second-order valence-electron chi connectivity index (χ2n) is 4.38. The van der Waals surface area contributed by atoms with Crippen molar-refractivity contribution in [2.45, 2.75) is 13.1 Å². The first-order valence-electron chi connectivity index (χ1n) is 6.79. The average molecular weight is 267 g/mol. The van der Waals surface area contributed by atoms with Gasteiger partial charge in [-0.2, -0.15) is 5.10 Å². The number of esters is 1. The number of carbonyl (C=O) groups excluding carboxylic acids is 1. The molecule has 0 aromatic heterocycles. The molecule has 3 rings (SSSR count). The van der Waals surface area contributed by atoms with Crippen molar-refractivity contribution in [2.24, 2.45) is 5.10 Å². The molecular weight excluding hydrogens is 252 g/mol. The lowest BCUT2D eigenvalue weighted by atomic mass is 10.1. The Morgan fingerprint density at radius 2 is 1.90 bits per heavy atom. The summed E-state index contributed by atoms with van der Waals surface area (Å²) in [7, 11) is 0. The molecule has 0 amide bonds. The SMILES string of the molecule is [2H]C1(OC(C)=O)c2ccccc2C=NN1c1ccccc1. The zero-order valence-electron chi connectivity index (χ0n) is 12.0. The fourth-order valence-corrected chi connectivity index (χ4v) is 2.08. The molecule has 0 N–H and O–H groups in total. The van der Waals surface area contributed by atoms with Crippen molar-refractivity contribution < 1.29 is 10.9 Å². The molecule has 0 aliphatic carbocycles. The van der Waals surface area contributed by atoms with E-state index in [4.69, 9.17) is 6.11 Å². The first kappa shape index (κ1) is 11.2. The van der Waals surface area contributed by atoms with E-state index in [9.17, 15) is 4.79 Å². The Hall–Kier alpha value is -2.62. The molecule has 1 heterocycles. The summed E-state index contributed by atoms with van der Waals surface area (Å²) in [6.07, 6.45) is -0.0445. The predicted octanol–water partition coefficient (Wildman–Crippen LogP) is 3.10. The van der Waals surface area contributed by atoms with Crippen molar-refractivity contribution >= 4 is 17.9 Å². The molecule has 100 valence electrons. The quantitative estimate of drug-likeness (QED) is 0.785. The number of benzene rings is 2. The normalized spacial score (nSPS) is 21.1. The number of carbonyl (C=O) groups is 1. The molecule has 1 aliphatic heterocycles. The van der Waals surface area contributed by atoms with E-state index in [2.05, 4.69) is 5.10 Å². The lowest BCUT2D eigenvalue weighted by Crippen LogP contribution is -2.31. The van der Waals surface area contributed by atoms with Crippen molar-refractivity contribution in [3.05, 3.63) is 65.7 Å². The van der Waals surface area contributed by atoms with Crippen LogP contribution in [0.15, 0.2) is 59.7 Å². The third-order valence-corrected chi connectivity index (χ3v) is 2.94. The molecule has 0 saturated carbocycles. The van der Waals surface area contributed by atoms with Crippen LogP contribution in [0.2, 0.25) is 0 Å². The van der Waals surface area contributed by atoms with Gasteiger partial charge in [0, 0.05) is 18.1 Å². The Bertz CT molecular complexity index is 702. The topological polar surface area (TPSA) is 41.9 Å². The fraction of sp³-hybridized carbons (Fsp3) is 0.125. The second-order valence-corrected chi connectivity index (χ2v) is 4.38. The maximum atomic E-state index is 11.5. The van der Waals surface area contributed by atoms with Crippen LogP contribution in [-0.2, 0) is 9.53 Å². The van der Waals surface area contributed by atoms with E-state index in [-0.39, 0.29) is 0 Å². The Labute approximate surface area is 118 Å². The lowest BCUT2D eigenvalue weighted by molar-refractivity contribution is -0.146. The zero-order valence-corrected chi connectivity index (χ0v) is 11.0. The van der Waals surface area contributed by atoms with Gasteiger partial charge in [0.15, 0.2) is 0 Å². The lowest BCUT2D eigenvalue weighted by Gasteiger charge is -2.32. The number of nitrogens with zero attached hydrogens (tertiary/aromatic N) is 2. The number of rotatable bonds is 2. The summed E-state index contributed by atoms with van der Waals surface area (Å²) in [6.45, 7) is 1.29. The zero-order chi connectivity index (χ0) is 14.9. The van der Waals surface area contributed by atoms with Gasteiger partial charge in [0.25, 0.3) is 0 Å². The maximum Gasteiger partial charge on any atom is 0.304 e. The van der Waals surface area contributed by atoms with Gasteiger partial charge < -0.3 is 4.74 Å². The first-order valence-corrected chi connectivity index (χ1v) is 6.29. The summed E-state index contributed by atoms with van der Waals surface area (Å²) < 4.78 is 14.0. The summed E-state index contributed by atoms with van der Waals surface area (Å²) in [4.78, 5) is 11.5. The molecule has 0 radical (unpaired) electrons. The molecule has 1 atom stereocenters. The van der Waals surface area contributed by atoms with Gasteiger partial charge in [-0.1, -0.05) is 42.5 Å². The van der Waals surface area contributed by atoms with Crippen molar-refractivity contribution in [1.29, 1.82) is 0 Å². The van der Waals surface area contributed by atoms with Gasteiger partial charge >= 0.3 is 5.97 Å². The number of fused-ring (bicyclic) bond motifs is 1. The van der Waals surface area contributed by atoms with Crippen LogP contribution in [-0.4, -0.2) is 12.2 Å². The standard InChI is InChI=1S/C16H14N2O2/c1-12(19)20-16-15-10-6-5-7-13(15)11-17-18(16)14-8-3-2-4-9-14/h2-11,16H,1H3/i16D. The fourth-order valence-electron chi connectivity index (χ4n) is 2.08. The summed E-state index contributed by atoms with van der Waals surface area (Å²) in [5, 5.41) is 5.69. The number of hydrazone groups is 1. The van der Waals surface area contributed by atoms with E-state index in [0.717, 1.165) is 5.56 Å². The Balaban J connectivity index is 2.15. The monoisotopic (exact) mass is 267 g/mol. The third-order valence-electron chi connectivity index (χ3n) is 2.94. The molecule has 2 aromatic carbocycles. The van der Waals surface area contributed by atoms with E-state index in [1.165, 1.54) is 11.9 Å². The highest BCUT2D eigenvalue weighted by Crippen LogP contribution is 2.32. The first-order chi connectivity index (χ1) is 10.1. The van der Waals surface area contributed by atoms with Crippen LogP contribution in [0.5, 0.6) is 0 Å². The maximum absolute atomic E-state index is 11.5. The molecule has 4 heteroatoms. The van der Waals surface area contributed by atoms with E-state index in [1.54, 1.807) is 12.3 Å². The molecule has 1 aliphatic rings. The van der Waals surface area contributed by atoms with E-state index in [0.29, 0.717) is 11.3 Å². The van der Waals surface area contributed by atoms with Gasteiger partial charge in [-0.25, -0.2) is 5.01 Å². The van der Waals surface area contributed by atoms with Crippen LogP contribution in [0.3, 0.4) is 0 Å². The van der Waals surface area contributed by atoms with Crippen LogP contribution < -0.4 is 5.01 Å². The van der Waals surface area contributed by atoms with Gasteiger partial charge in [0.2, 0.25) is 6.20 Å². The molecule has 0 spiro atoms. The minimum atomic E-state index is -1.71. The number of anilines is 1.